The van der Waals surface area contributed by atoms with E-state index < -0.39 is 0 Å². The van der Waals surface area contributed by atoms with Crippen molar-refractivity contribution in [3.63, 3.8) is 0 Å². The molecule has 20 heavy (non-hydrogen) atoms. The molecule has 0 aliphatic carbocycles. The van der Waals surface area contributed by atoms with Gasteiger partial charge in [-0.25, -0.2) is 9.37 Å². The molecule has 1 atom stereocenters. The number of oxazole rings is 1. The van der Waals surface area contributed by atoms with Crippen LogP contribution >= 0.6 is 0 Å². The molecule has 1 fully saturated rings. The van der Waals surface area contributed by atoms with E-state index in [9.17, 15) is 4.39 Å². The van der Waals surface area contributed by atoms with Gasteiger partial charge in [0.25, 0.3) is 0 Å². The summed E-state index contributed by atoms with van der Waals surface area (Å²) in [5.74, 6) is 0.290. The molecule has 1 aromatic heterocycles. The second kappa shape index (κ2) is 5.73. The fourth-order valence-corrected chi connectivity index (χ4v) is 2.43. The predicted octanol–water partition coefficient (Wildman–Crippen LogP) is 2.27. The van der Waals surface area contributed by atoms with Crippen molar-refractivity contribution in [3.8, 4) is 11.5 Å². The highest BCUT2D eigenvalue weighted by Gasteiger charge is 2.19. The van der Waals surface area contributed by atoms with Gasteiger partial charge in [-0.2, -0.15) is 0 Å². The van der Waals surface area contributed by atoms with Gasteiger partial charge in [0.15, 0.2) is 0 Å². The Morgan fingerprint density at radius 3 is 2.95 bits per heavy atom. The average Bonchev–Trinajstić information content (AvgIpc) is 2.91. The summed E-state index contributed by atoms with van der Waals surface area (Å²) in [4.78, 5) is 6.87. The Morgan fingerprint density at radius 1 is 1.40 bits per heavy atom. The lowest BCUT2D eigenvalue weighted by Crippen LogP contribution is -2.49. The Morgan fingerprint density at radius 2 is 2.20 bits per heavy atom. The topological polar surface area (TPSA) is 41.3 Å². The van der Waals surface area contributed by atoms with E-state index in [-0.39, 0.29) is 5.82 Å². The zero-order valence-electron chi connectivity index (χ0n) is 11.5. The highest BCUT2D eigenvalue weighted by Crippen LogP contribution is 2.20. The molecule has 5 heteroatoms. The number of hydrogen-bond acceptors (Lipinski definition) is 4. The quantitative estimate of drug-likeness (QED) is 0.933. The van der Waals surface area contributed by atoms with Crippen LogP contribution in [-0.4, -0.2) is 35.6 Å². The van der Waals surface area contributed by atoms with Gasteiger partial charge in [0.05, 0.1) is 5.69 Å². The van der Waals surface area contributed by atoms with E-state index in [2.05, 4.69) is 22.1 Å². The summed E-state index contributed by atoms with van der Waals surface area (Å²) in [5.41, 5.74) is 1.71. The van der Waals surface area contributed by atoms with Crippen LogP contribution in [0.2, 0.25) is 0 Å². The summed E-state index contributed by atoms with van der Waals surface area (Å²) in [6.07, 6.45) is 1.69. The number of benzene rings is 1. The lowest BCUT2D eigenvalue weighted by atomic mass is 10.2. The van der Waals surface area contributed by atoms with Crippen molar-refractivity contribution in [2.24, 2.45) is 0 Å². The van der Waals surface area contributed by atoms with Gasteiger partial charge in [-0.3, -0.25) is 4.90 Å². The minimum Gasteiger partial charge on any atom is -0.444 e. The molecule has 2 aromatic rings. The first-order valence-electron chi connectivity index (χ1n) is 6.87. The summed E-state index contributed by atoms with van der Waals surface area (Å²) in [6.45, 7) is 6.01. The number of piperazine rings is 1. The predicted molar refractivity (Wildman–Crippen MR) is 74.6 cm³/mol. The normalized spacial score (nSPS) is 20.2. The Bertz CT molecular complexity index is 567. The molecule has 0 saturated carbocycles. The molecule has 1 aliphatic rings. The van der Waals surface area contributed by atoms with Crippen LogP contribution in [0.25, 0.3) is 11.5 Å². The van der Waals surface area contributed by atoms with Crippen molar-refractivity contribution in [2.75, 3.05) is 19.6 Å². The van der Waals surface area contributed by atoms with Crippen LogP contribution < -0.4 is 5.32 Å². The summed E-state index contributed by atoms with van der Waals surface area (Å²) < 4.78 is 18.4. The van der Waals surface area contributed by atoms with E-state index in [1.54, 1.807) is 18.4 Å². The molecule has 1 N–H and O–H groups in total. The largest absolute Gasteiger partial charge is 0.444 e. The molecule has 2 heterocycles. The highest BCUT2D eigenvalue weighted by atomic mass is 19.1. The molecule has 0 spiro atoms. The van der Waals surface area contributed by atoms with Crippen molar-refractivity contribution in [2.45, 2.75) is 19.5 Å². The second-order valence-corrected chi connectivity index (χ2v) is 5.17. The lowest BCUT2D eigenvalue weighted by Gasteiger charge is -2.33. The zero-order chi connectivity index (χ0) is 13.9. The van der Waals surface area contributed by atoms with Gasteiger partial charge in [0, 0.05) is 37.8 Å². The molecule has 0 radical (unpaired) electrons. The summed E-state index contributed by atoms with van der Waals surface area (Å²) in [6, 6.07) is 6.68. The number of hydrogen-bond donors (Lipinski definition) is 1. The van der Waals surface area contributed by atoms with E-state index in [4.69, 9.17) is 4.42 Å². The number of halogens is 1. The molecule has 1 aliphatic heterocycles. The van der Waals surface area contributed by atoms with E-state index in [0.717, 1.165) is 37.4 Å². The minimum atomic E-state index is -0.254. The molecular weight excluding hydrogens is 257 g/mol. The molecule has 106 valence electrons. The molecule has 3 rings (SSSR count). The molecule has 1 aromatic carbocycles. The number of nitrogens with zero attached hydrogens (tertiary/aromatic N) is 2. The first-order chi connectivity index (χ1) is 9.72. The van der Waals surface area contributed by atoms with Gasteiger partial charge in [-0.05, 0) is 31.2 Å². The Labute approximate surface area is 117 Å². The third-order valence-corrected chi connectivity index (χ3v) is 3.65. The summed E-state index contributed by atoms with van der Waals surface area (Å²) in [7, 11) is 0. The number of aromatic nitrogens is 1. The van der Waals surface area contributed by atoms with Crippen molar-refractivity contribution < 1.29 is 8.81 Å². The van der Waals surface area contributed by atoms with Gasteiger partial charge in [0.1, 0.15) is 12.1 Å². The van der Waals surface area contributed by atoms with Crippen LogP contribution in [0.3, 0.4) is 0 Å². The van der Waals surface area contributed by atoms with Crippen LogP contribution in [0.15, 0.2) is 34.9 Å². The van der Waals surface area contributed by atoms with Gasteiger partial charge >= 0.3 is 0 Å². The van der Waals surface area contributed by atoms with Crippen LogP contribution in [0.1, 0.15) is 12.6 Å². The highest BCUT2D eigenvalue weighted by molar-refractivity contribution is 5.52. The number of nitrogens with one attached hydrogen (secondary N) is 1. The molecule has 1 saturated heterocycles. The van der Waals surface area contributed by atoms with Crippen LogP contribution in [-0.2, 0) is 6.54 Å². The summed E-state index contributed by atoms with van der Waals surface area (Å²) in [5, 5.41) is 3.37. The Balaban J connectivity index is 1.71. The van der Waals surface area contributed by atoms with E-state index >= 15 is 0 Å². The molecule has 0 bridgehead atoms. The summed E-state index contributed by atoms with van der Waals surface area (Å²) >= 11 is 0. The zero-order valence-corrected chi connectivity index (χ0v) is 11.5. The maximum Gasteiger partial charge on any atom is 0.226 e. The fraction of sp³-hybridized carbons (Fsp3) is 0.400. The Hall–Kier alpha value is -1.72. The van der Waals surface area contributed by atoms with Gasteiger partial charge in [-0.15, -0.1) is 0 Å². The maximum absolute atomic E-state index is 12.9. The SMILES string of the molecule is C[C@H]1CNCCN1Cc1coc(-c2ccc(F)cc2)n1. The maximum atomic E-state index is 12.9. The standard InChI is InChI=1S/C15H18FN3O/c1-11-8-17-6-7-19(11)9-14-10-20-15(18-14)12-2-4-13(16)5-3-12/h2-5,10-11,17H,6-9H2,1H3/t11-/m0/s1. The van der Waals surface area contributed by atoms with Gasteiger partial charge in [-0.1, -0.05) is 0 Å². The van der Waals surface area contributed by atoms with E-state index in [1.165, 1.54) is 12.1 Å². The Kier molecular flexibility index (Phi) is 3.80. The average molecular weight is 275 g/mol. The minimum absolute atomic E-state index is 0.254. The molecular formula is C15H18FN3O. The van der Waals surface area contributed by atoms with Crippen molar-refractivity contribution in [1.82, 2.24) is 15.2 Å². The third-order valence-electron chi connectivity index (χ3n) is 3.65. The molecule has 4 nitrogen and oxygen atoms in total. The molecule has 0 amide bonds. The van der Waals surface area contributed by atoms with Gasteiger partial charge in [0.2, 0.25) is 5.89 Å². The van der Waals surface area contributed by atoms with Gasteiger partial charge < -0.3 is 9.73 Å². The van der Waals surface area contributed by atoms with E-state index in [0.29, 0.717) is 11.9 Å². The monoisotopic (exact) mass is 275 g/mol. The smallest absolute Gasteiger partial charge is 0.226 e. The van der Waals surface area contributed by atoms with E-state index in [1.807, 2.05) is 0 Å². The first-order valence-corrected chi connectivity index (χ1v) is 6.87. The van der Waals surface area contributed by atoms with Crippen molar-refractivity contribution in [3.05, 3.63) is 42.0 Å². The lowest BCUT2D eigenvalue weighted by molar-refractivity contribution is 0.163. The van der Waals surface area contributed by atoms with Crippen LogP contribution in [0.5, 0.6) is 0 Å². The van der Waals surface area contributed by atoms with Crippen LogP contribution in [0.4, 0.5) is 4.39 Å². The van der Waals surface area contributed by atoms with Crippen molar-refractivity contribution >= 4 is 0 Å². The third kappa shape index (κ3) is 2.89. The fourth-order valence-electron chi connectivity index (χ4n) is 2.43. The first kappa shape index (κ1) is 13.3. The second-order valence-electron chi connectivity index (χ2n) is 5.17. The number of rotatable bonds is 3. The van der Waals surface area contributed by atoms with Crippen LogP contribution in [0, 0.1) is 5.82 Å². The van der Waals surface area contributed by atoms with Crippen molar-refractivity contribution in [1.29, 1.82) is 0 Å². The molecule has 0 unspecified atom stereocenters.